The second-order valence-electron chi connectivity index (χ2n) is 9.74. The van der Waals surface area contributed by atoms with Gasteiger partial charge in [0.2, 0.25) is 5.88 Å². The molecule has 8 nitrogen and oxygen atoms in total. The first-order valence-electron chi connectivity index (χ1n) is 13.2. The molecule has 3 heterocycles. The molecule has 1 aliphatic rings. The van der Waals surface area contributed by atoms with E-state index in [4.69, 9.17) is 25.8 Å². The third kappa shape index (κ3) is 5.90. The minimum atomic E-state index is -1.77. The lowest BCUT2D eigenvalue weighted by Gasteiger charge is -2.15. The van der Waals surface area contributed by atoms with Gasteiger partial charge in [-0.15, -0.1) is 0 Å². The van der Waals surface area contributed by atoms with E-state index in [1.165, 1.54) is 42.5 Å². The van der Waals surface area contributed by atoms with Gasteiger partial charge in [-0.25, -0.2) is 14.2 Å². The summed E-state index contributed by atoms with van der Waals surface area (Å²) in [6.45, 7) is 1.01. The third-order valence-corrected chi connectivity index (χ3v) is 7.13. The van der Waals surface area contributed by atoms with Crippen LogP contribution in [0.5, 0.6) is 17.6 Å². The lowest BCUT2D eigenvalue weighted by Crippen LogP contribution is -2.15. The average Bonchev–Trinajstić information content (AvgIpc) is 3.62. The summed E-state index contributed by atoms with van der Waals surface area (Å²) in [7, 11) is 0. The van der Waals surface area contributed by atoms with Gasteiger partial charge >= 0.3 is 12.0 Å². The summed E-state index contributed by atoms with van der Waals surface area (Å²) in [6, 6.07) is 19.9. The Labute approximate surface area is 244 Å². The predicted molar refractivity (Wildman–Crippen MR) is 151 cm³/mol. The van der Waals surface area contributed by atoms with E-state index >= 15 is 4.39 Å². The number of hydrogen-bond acceptors (Lipinski definition) is 6. The molecule has 1 aliphatic heterocycles. The lowest BCUT2D eigenvalue weighted by atomic mass is 10.1. The number of aromatic carboxylic acids is 1. The van der Waals surface area contributed by atoms with Crippen molar-refractivity contribution >= 4 is 28.6 Å². The van der Waals surface area contributed by atoms with E-state index in [9.17, 15) is 14.3 Å². The molecule has 1 saturated heterocycles. The third-order valence-electron chi connectivity index (χ3n) is 6.88. The van der Waals surface area contributed by atoms with Crippen LogP contribution in [-0.2, 0) is 11.3 Å². The van der Waals surface area contributed by atoms with Crippen LogP contribution in [0.2, 0.25) is 5.02 Å². The molecule has 1 N–H and O–H groups in total. The molecule has 0 aliphatic carbocycles. The quantitative estimate of drug-likeness (QED) is 0.188. The SMILES string of the molecule is O=C(O)c1ccc2nc(Oc3ccc(-c4cccc(OC(F)c5ccc(Cl)cc5)n4)cc3F)n(C[C@@H]3CCCO3)c2c1. The van der Waals surface area contributed by atoms with Crippen LogP contribution >= 0.6 is 11.6 Å². The van der Waals surface area contributed by atoms with Crippen LogP contribution in [0.1, 0.15) is 35.1 Å². The fourth-order valence-electron chi connectivity index (χ4n) is 4.75. The van der Waals surface area contributed by atoms with Crippen molar-refractivity contribution in [3.8, 4) is 28.9 Å². The van der Waals surface area contributed by atoms with Crippen LogP contribution in [0.25, 0.3) is 22.3 Å². The van der Waals surface area contributed by atoms with Crippen molar-refractivity contribution < 1.29 is 32.9 Å². The average molecular weight is 592 g/mol. The van der Waals surface area contributed by atoms with E-state index in [2.05, 4.69) is 9.97 Å². The number of alkyl halides is 1. The highest BCUT2D eigenvalue weighted by Gasteiger charge is 2.23. The predicted octanol–water partition coefficient (Wildman–Crippen LogP) is 7.61. The van der Waals surface area contributed by atoms with Crippen molar-refractivity contribution in [2.45, 2.75) is 31.8 Å². The van der Waals surface area contributed by atoms with Crippen LogP contribution in [0.4, 0.5) is 8.78 Å². The van der Waals surface area contributed by atoms with E-state index in [1.54, 1.807) is 41.0 Å². The van der Waals surface area contributed by atoms with Gasteiger partial charge in [-0.05, 0) is 67.4 Å². The van der Waals surface area contributed by atoms with Crippen LogP contribution in [0.3, 0.4) is 0 Å². The second kappa shape index (κ2) is 11.8. The first kappa shape index (κ1) is 27.6. The number of halogens is 3. The molecule has 0 amide bonds. The Kier molecular flexibility index (Phi) is 7.73. The Morgan fingerprint density at radius 2 is 1.93 bits per heavy atom. The fraction of sp³-hybridized carbons (Fsp3) is 0.194. The molecule has 1 unspecified atom stereocenters. The molecule has 3 aromatic carbocycles. The zero-order chi connectivity index (χ0) is 29.2. The van der Waals surface area contributed by atoms with Crippen LogP contribution in [0, 0.1) is 5.82 Å². The highest BCUT2D eigenvalue weighted by Crippen LogP contribution is 2.33. The lowest BCUT2D eigenvalue weighted by molar-refractivity contribution is 0.0624. The van der Waals surface area contributed by atoms with Crippen LogP contribution < -0.4 is 9.47 Å². The number of fused-ring (bicyclic) bond motifs is 1. The van der Waals surface area contributed by atoms with Gasteiger partial charge < -0.3 is 19.3 Å². The topological polar surface area (TPSA) is 95.7 Å². The molecule has 0 radical (unpaired) electrons. The highest BCUT2D eigenvalue weighted by molar-refractivity contribution is 6.30. The van der Waals surface area contributed by atoms with E-state index in [-0.39, 0.29) is 34.9 Å². The maximum absolute atomic E-state index is 15.4. The molecule has 0 spiro atoms. The molecule has 214 valence electrons. The van der Waals surface area contributed by atoms with E-state index < -0.39 is 18.1 Å². The first-order chi connectivity index (χ1) is 20.3. The summed E-state index contributed by atoms with van der Waals surface area (Å²) >= 11 is 5.87. The van der Waals surface area contributed by atoms with E-state index in [0.29, 0.717) is 40.5 Å². The number of nitrogens with zero attached hydrogens (tertiary/aromatic N) is 3. The Hall–Kier alpha value is -4.54. The zero-order valence-corrected chi connectivity index (χ0v) is 22.8. The van der Waals surface area contributed by atoms with Gasteiger partial charge in [0.05, 0.1) is 34.9 Å². The van der Waals surface area contributed by atoms with Crippen molar-refractivity contribution in [1.82, 2.24) is 14.5 Å². The summed E-state index contributed by atoms with van der Waals surface area (Å²) < 4.78 is 48.8. The summed E-state index contributed by atoms with van der Waals surface area (Å²) in [4.78, 5) is 20.4. The zero-order valence-electron chi connectivity index (χ0n) is 22.0. The van der Waals surface area contributed by atoms with E-state index in [0.717, 1.165) is 12.8 Å². The molecule has 42 heavy (non-hydrogen) atoms. The summed E-state index contributed by atoms with van der Waals surface area (Å²) in [5, 5.41) is 9.95. The van der Waals surface area contributed by atoms with Gasteiger partial charge in [0, 0.05) is 28.8 Å². The first-order valence-corrected chi connectivity index (χ1v) is 13.6. The summed E-state index contributed by atoms with van der Waals surface area (Å²) in [5.41, 5.74) is 2.23. The Morgan fingerprint density at radius 3 is 2.67 bits per heavy atom. The monoisotopic (exact) mass is 591 g/mol. The number of rotatable bonds is 9. The van der Waals surface area contributed by atoms with Gasteiger partial charge in [0.25, 0.3) is 6.36 Å². The molecular formula is C31H24ClF2N3O5. The van der Waals surface area contributed by atoms with Crippen molar-refractivity contribution in [3.05, 3.63) is 101 Å². The molecule has 5 aromatic rings. The number of carbonyl (C=O) groups is 1. The van der Waals surface area contributed by atoms with Crippen molar-refractivity contribution in [3.63, 3.8) is 0 Å². The van der Waals surface area contributed by atoms with E-state index in [1.807, 2.05) is 0 Å². The number of hydrogen-bond donors (Lipinski definition) is 1. The number of imidazole rings is 1. The normalized spacial score (nSPS) is 15.5. The number of ether oxygens (including phenoxy) is 3. The van der Waals surface area contributed by atoms with Crippen LogP contribution in [0.15, 0.2) is 78.9 Å². The van der Waals surface area contributed by atoms with Crippen molar-refractivity contribution in [2.24, 2.45) is 0 Å². The Morgan fingerprint density at radius 1 is 1.10 bits per heavy atom. The highest BCUT2D eigenvalue weighted by atomic mass is 35.5. The smallest absolute Gasteiger partial charge is 0.335 e. The molecule has 2 aromatic heterocycles. The molecule has 0 bridgehead atoms. The number of carboxylic acid groups (broad SMARTS) is 1. The second-order valence-corrected chi connectivity index (χ2v) is 10.2. The van der Waals surface area contributed by atoms with Gasteiger partial charge in [-0.3, -0.25) is 4.57 Å². The molecule has 2 atom stereocenters. The molecule has 6 rings (SSSR count). The standard InChI is InChI=1S/C31H24ClF2N3O5/c32-21-10-6-18(7-11-21)29(34)42-28-5-1-4-24(35-28)19-9-13-27(23(33)15-19)41-31-36-25-12-8-20(30(38)39)16-26(25)37(31)17-22-3-2-14-40-22/h1,4-13,15-16,22,29H,2-3,14,17H2,(H,38,39)/t22-,29?/m0/s1. The number of carboxylic acids is 1. The maximum atomic E-state index is 15.4. The Bertz CT molecular complexity index is 1760. The van der Waals surface area contributed by atoms with Crippen LogP contribution in [-0.4, -0.2) is 38.3 Å². The number of aromatic nitrogens is 3. The van der Waals surface area contributed by atoms with Gasteiger partial charge in [0.15, 0.2) is 11.6 Å². The van der Waals surface area contributed by atoms with Crippen molar-refractivity contribution in [1.29, 1.82) is 0 Å². The van der Waals surface area contributed by atoms with Gasteiger partial charge in [-0.1, -0.05) is 29.8 Å². The number of pyridine rings is 1. The number of benzene rings is 3. The summed E-state index contributed by atoms with van der Waals surface area (Å²) in [6.07, 6.45) is -0.121. The van der Waals surface area contributed by atoms with Gasteiger partial charge in [-0.2, -0.15) is 9.37 Å². The fourth-order valence-corrected chi connectivity index (χ4v) is 4.88. The maximum Gasteiger partial charge on any atom is 0.335 e. The van der Waals surface area contributed by atoms with Crippen molar-refractivity contribution in [2.75, 3.05) is 6.61 Å². The molecule has 11 heteroatoms. The molecular weight excluding hydrogens is 568 g/mol. The molecule has 1 fully saturated rings. The largest absolute Gasteiger partial charge is 0.478 e. The molecule has 0 saturated carbocycles. The summed E-state index contributed by atoms with van der Waals surface area (Å²) in [5.74, 6) is -1.80. The van der Waals surface area contributed by atoms with Gasteiger partial charge in [0.1, 0.15) is 0 Å². The minimum Gasteiger partial charge on any atom is -0.478 e. The Balaban J connectivity index is 1.25. The minimum absolute atomic E-state index is 0.0271.